The molecule has 0 aliphatic rings. The Morgan fingerprint density at radius 3 is 2.52 bits per heavy atom. The van der Waals surface area contributed by atoms with E-state index in [1.165, 1.54) is 6.07 Å². The molecular formula is C17H14N4O2. The van der Waals surface area contributed by atoms with Crippen LogP contribution in [0.4, 0.5) is 5.82 Å². The zero-order chi connectivity index (χ0) is 16.2. The fraction of sp³-hybridized carbons (Fsp3) is 0.0588. The Morgan fingerprint density at radius 2 is 1.83 bits per heavy atom. The average Bonchev–Trinajstić information content (AvgIpc) is 2.56. The summed E-state index contributed by atoms with van der Waals surface area (Å²) in [5, 5.41) is 6.77. The van der Waals surface area contributed by atoms with E-state index in [4.69, 9.17) is 0 Å². The van der Waals surface area contributed by atoms with Gasteiger partial charge in [-0.3, -0.25) is 9.59 Å². The second-order valence-corrected chi connectivity index (χ2v) is 4.92. The van der Waals surface area contributed by atoms with Gasteiger partial charge in [-0.1, -0.05) is 24.3 Å². The third-order valence-corrected chi connectivity index (χ3v) is 3.23. The van der Waals surface area contributed by atoms with Crippen LogP contribution in [0, 0.1) is 6.92 Å². The molecule has 0 aliphatic heterocycles. The fourth-order valence-electron chi connectivity index (χ4n) is 2.15. The SMILES string of the molecule is Cc1cc(=O)c(C(=O)Nc2ccccn2)nn1-c1ccccc1. The van der Waals surface area contributed by atoms with E-state index >= 15 is 0 Å². The lowest BCUT2D eigenvalue weighted by atomic mass is 10.2. The van der Waals surface area contributed by atoms with Gasteiger partial charge in [0.25, 0.3) is 5.91 Å². The molecule has 0 fully saturated rings. The van der Waals surface area contributed by atoms with Crippen molar-refractivity contribution in [3.05, 3.63) is 82.4 Å². The number of amides is 1. The lowest BCUT2D eigenvalue weighted by Gasteiger charge is -2.11. The maximum Gasteiger partial charge on any atom is 0.281 e. The molecule has 2 aromatic heterocycles. The molecule has 1 N–H and O–H groups in total. The van der Waals surface area contributed by atoms with Gasteiger partial charge in [0, 0.05) is 18.0 Å². The molecule has 0 saturated carbocycles. The van der Waals surface area contributed by atoms with Gasteiger partial charge in [-0.25, -0.2) is 9.67 Å². The predicted octanol–water partition coefficient (Wildman–Crippen LogP) is 2.19. The first kappa shape index (κ1) is 14.6. The van der Waals surface area contributed by atoms with Gasteiger partial charge >= 0.3 is 0 Å². The van der Waals surface area contributed by atoms with Crippen molar-refractivity contribution < 1.29 is 4.79 Å². The Labute approximate surface area is 132 Å². The number of nitrogens with zero attached hydrogens (tertiary/aromatic N) is 3. The summed E-state index contributed by atoms with van der Waals surface area (Å²) in [6.07, 6.45) is 1.56. The van der Waals surface area contributed by atoms with E-state index in [1.807, 2.05) is 30.3 Å². The highest BCUT2D eigenvalue weighted by Gasteiger charge is 2.15. The highest BCUT2D eigenvalue weighted by atomic mass is 16.2. The number of hydrogen-bond acceptors (Lipinski definition) is 4. The van der Waals surface area contributed by atoms with Crippen molar-refractivity contribution in [1.29, 1.82) is 0 Å². The van der Waals surface area contributed by atoms with Gasteiger partial charge in [-0.15, -0.1) is 0 Å². The van der Waals surface area contributed by atoms with Crippen LogP contribution in [0.3, 0.4) is 0 Å². The molecule has 23 heavy (non-hydrogen) atoms. The van der Waals surface area contributed by atoms with Crippen molar-refractivity contribution in [1.82, 2.24) is 14.8 Å². The van der Waals surface area contributed by atoms with Crippen LogP contribution < -0.4 is 10.7 Å². The molecule has 0 bridgehead atoms. The van der Waals surface area contributed by atoms with Crippen LogP contribution in [0.5, 0.6) is 0 Å². The van der Waals surface area contributed by atoms with Gasteiger partial charge in [0.15, 0.2) is 5.69 Å². The van der Waals surface area contributed by atoms with Gasteiger partial charge in [0.05, 0.1) is 5.69 Å². The Hall–Kier alpha value is -3.28. The van der Waals surface area contributed by atoms with Gasteiger partial charge in [-0.2, -0.15) is 5.10 Å². The minimum Gasteiger partial charge on any atom is -0.305 e. The molecule has 6 nitrogen and oxygen atoms in total. The molecule has 0 aliphatic carbocycles. The minimum atomic E-state index is -0.585. The van der Waals surface area contributed by atoms with Crippen LogP contribution in [-0.4, -0.2) is 20.7 Å². The van der Waals surface area contributed by atoms with Crippen molar-refractivity contribution in [3.8, 4) is 5.69 Å². The number of rotatable bonds is 3. The molecule has 1 aromatic carbocycles. The van der Waals surface area contributed by atoms with Crippen LogP contribution in [0.25, 0.3) is 5.69 Å². The topological polar surface area (TPSA) is 76.9 Å². The Kier molecular flexibility index (Phi) is 3.97. The fourth-order valence-corrected chi connectivity index (χ4v) is 2.15. The van der Waals surface area contributed by atoms with Crippen LogP contribution in [0.1, 0.15) is 16.2 Å². The smallest absolute Gasteiger partial charge is 0.281 e. The number of pyridine rings is 1. The molecule has 0 atom stereocenters. The molecular weight excluding hydrogens is 292 g/mol. The average molecular weight is 306 g/mol. The summed E-state index contributed by atoms with van der Waals surface area (Å²) in [4.78, 5) is 28.4. The van der Waals surface area contributed by atoms with E-state index in [-0.39, 0.29) is 5.69 Å². The van der Waals surface area contributed by atoms with Crippen LogP contribution in [0.2, 0.25) is 0 Å². The van der Waals surface area contributed by atoms with Gasteiger partial charge < -0.3 is 5.32 Å². The predicted molar refractivity (Wildman–Crippen MR) is 86.8 cm³/mol. The van der Waals surface area contributed by atoms with Gasteiger partial charge in [0.1, 0.15) is 5.82 Å². The van der Waals surface area contributed by atoms with Crippen molar-refractivity contribution in [2.45, 2.75) is 6.92 Å². The number of para-hydroxylation sites is 1. The first-order valence-corrected chi connectivity index (χ1v) is 7.04. The quantitative estimate of drug-likeness (QED) is 0.804. The monoisotopic (exact) mass is 306 g/mol. The summed E-state index contributed by atoms with van der Waals surface area (Å²) >= 11 is 0. The van der Waals surface area contributed by atoms with E-state index in [1.54, 1.807) is 36.0 Å². The third-order valence-electron chi connectivity index (χ3n) is 3.23. The number of nitrogens with one attached hydrogen (secondary N) is 1. The summed E-state index contributed by atoms with van der Waals surface area (Å²) in [5.74, 6) is -0.219. The van der Waals surface area contributed by atoms with Crippen molar-refractivity contribution in [3.63, 3.8) is 0 Å². The van der Waals surface area contributed by atoms with Crippen LogP contribution >= 0.6 is 0 Å². The summed E-state index contributed by atoms with van der Waals surface area (Å²) < 4.78 is 1.56. The standard InChI is InChI=1S/C17H14N4O2/c1-12-11-14(22)16(17(23)19-15-9-5-6-10-18-15)20-21(12)13-7-3-2-4-8-13/h2-11H,1H3,(H,18,19,23). The Morgan fingerprint density at radius 1 is 1.09 bits per heavy atom. The molecule has 0 radical (unpaired) electrons. The maximum absolute atomic E-state index is 12.3. The molecule has 114 valence electrons. The lowest BCUT2D eigenvalue weighted by molar-refractivity contribution is 0.101. The summed E-state index contributed by atoms with van der Waals surface area (Å²) in [5.41, 5.74) is 0.820. The Balaban J connectivity index is 2.00. The highest BCUT2D eigenvalue weighted by Crippen LogP contribution is 2.08. The number of carbonyl (C=O) groups is 1. The maximum atomic E-state index is 12.3. The second kappa shape index (κ2) is 6.23. The van der Waals surface area contributed by atoms with E-state index < -0.39 is 11.3 Å². The van der Waals surface area contributed by atoms with Crippen LogP contribution in [0.15, 0.2) is 65.6 Å². The van der Waals surface area contributed by atoms with Crippen molar-refractivity contribution >= 4 is 11.7 Å². The van der Waals surface area contributed by atoms with Gasteiger partial charge in [-0.05, 0) is 31.2 Å². The number of benzene rings is 1. The second-order valence-electron chi connectivity index (χ2n) is 4.92. The molecule has 0 spiro atoms. The first-order chi connectivity index (χ1) is 11.1. The summed E-state index contributed by atoms with van der Waals surface area (Å²) in [6.45, 7) is 1.77. The first-order valence-electron chi connectivity index (χ1n) is 7.04. The van der Waals surface area contributed by atoms with E-state index in [0.29, 0.717) is 11.5 Å². The number of carbonyl (C=O) groups excluding carboxylic acids is 1. The van der Waals surface area contributed by atoms with E-state index in [0.717, 1.165) is 5.69 Å². The molecule has 3 aromatic rings. The largest absolute Gasteiger partial charge is 0.305 e. The zero-order valence-corrected chi connectivity index (χ0v) is 12.4. The minimum absolute atomic E-state index is 0.176. The molecule has 1 amide bonds. The summed E-state index contributed by atoms with van der Waals surface area (Å²) in [7, 11) is 0. The highest BCUT2D eigenvalue weighted by molar-refractivity contribution is 6.02. The van der Waals surface area contributed by atoms with Crippen molar-refractivity contribution in [2.24, 2.45) is 0 Å². The lowest BCUT2D eigenvalue weighted by Crippen LogP contribution is -2.27. The number of hydrogen-bond donors (Lipinski definition) is 1. The number of aryl methyl sites for hydroxylation is 1. The van der Waals surface area contributed by atoms with Crippen LogP contribution in [-0.2, 0) is 0 Å². The summed E-state index contributed by atoms with van der Waals surface area (Å²) in [6, 6.07) is 15.8. The van der Waals surface area contributed by atoms with Crippen molar-refractivity contribution in [2.75, 3.05) is 5.32 Å². The zero-order valence-electron chi connectivity index (χ0n) is 12.4. The Bertz CT molecular complexity index is 889. The molecule has 3 rings (SSSR count). The molecule has 2 heterocycles. The van der Waals surface area contributed by atoms with E-state index in [2.05, 4.69) is 15.4 Å². The number of anilines is 1. The third kappa shape index (κ3) is 3.16. The molecule has 0 saturated heterocycles. The van der Waals surface area contributed by atoms with Gasteiger partial charge in [0.2, 0.25) is 5.43 Å². The molecule has 0 unspecified atom stereocenters. The number of aromatic nitrogens is 3. The normalized spacial score (nSPS) is 10.3. The van der Waals surface area contributed by atoms with E-state index in [9.17, 15) is 9.59 Å². The molecule has 6 heteroatoms.